The molecule has 0 saturated heterocycles. The number of aromatic nitrogens is 2. The van der Waals surface area contributed by atoms with Gasteiger partial charge in [-0.1, -0.05) is 6.92 Å². The maximum atomic E-state index is 13.1. The van der Waals surface area contributed by atoms with Crippen LogP contribution in [0.15, 0.2) is 24.3 Å². The molecule has 0 saturated carbocycles. The minimum absolute atomic E-state index is 0.117. The number of carbonyl (C=O) groups is 1. The van der Waals surface area contributed by atoms with E-state index in [1.807, 2.05) is 13.8 Å². The van der Waals surface area contributed by atoms with Crippen LogP contribution < -0.4 is 5.32 Å². The number of carbonyl (C=O) groups excluding carboxylic acids is 1. The van der Waals surface area contributed by atoms with Gasteiger partial charge in [-0.3, -0.25) is 4.79 Å². The fraction of sp³-hybridized carbons (Fsp3) is 0.412. The van der Waals surface area contributed by atoms with E-state index in [1.165, 1.54) is 12.1 Å². The van der Waals surface area contributed by atoms with Gasteiger partial charge in [0.15, 0.2) is 5.69 Å². The molecule has 0 bridgehead atoms. The molecule has 0 unspecified atom stereocenters. The summed E-state index contributed by atoms with van der Waals surface area (Å²) in [6.45, 7) is 4.02. The van der Waals surface area contributed by atoms with E-state index in [-0.39, 0.29) is 17.8 Å². The van der Waals surface area contributed by atoms with E-state index in [4.69, 9.17) is 0 Å². The molecule has 0 fully saturated rings. The summed E-state index contributed by atoms with van der Waals surface area (Å²) in [5, 5.41) is 7.48. The van der Waals surface area contributed by atoms with Gasteiger partial charge in [0, 0.05) is 17.3 Å². The lowest BCUT2D eigenvalue weighted by Gasteiger charge is -2.10. The number of nitrogens with zero attached hydrogens (tertiary/aromatic N) is 2. The van der Waals surface area contributed by atoms with Gasteiger partial charge < -0.3 is 5.32 Å². The van der Waals surface area contributed by atoms with Gasteiger partial charge in [-0.2, -0.15) is 5.10 Å². The molecule has 2 aromatic rings. The zero-order valence-corrected chi connectivity index (χ0v) is 12.9. The van der Waals surface area contributed by atoms with Gasteiger partial charge in [-0.15, -0.1) is 0 Å². The Hall–Kier alpha value is -2.17. The van der Waals surface area contributed by atoms with E-state index in [2.05, 4.69) is 10.4 Å². The number of hydrogen-bond donors (Lipinski definition) is 1. The number of amides is 1. The monoisotopic (exact) mass is 301 g/mol. The lowest BCUT2D eigenvalue weighted by Crippen LogP contribution is -2.32. The van der Waals surface area contributed by atoms with Crippen molar-refractivity contribution in [3.05, 3.63) is 47.0 Å². The van der Waals surface area contributed by atoms with Gasteiger partial charge in [-0.05, 0) is 56.9 Å². The van der Waals surface area contributed by atoms with Gasteiger partial charge in [0.05, 0.1) is 5.69 Å². The standard InChI is InChI=1S/C17H20FN3O/c1-3-11(2)19-17(22)16-14-5-4-6-15(14)21(20-16)13-9-7-12(18)8-10-13/h7-11H,3-6H2,1-2H3,(H,19,22)/t11-/m1/s1. The first-order valence-electron chi connectivity index (χ1n) is 7.77. The van der Waals surface area contributed by atoms with E-state index < -0.39 is 0 Å². The number of hydrogen-bond acceptors (Lipinski definition) is 2. The Morgan fingerprint density at radius 1 is 1.36 bits per heavy atom. The second-order valence-corrected chi connectivity index (χ2v) is 5.80. The zero-order valence-electron chi connectivity index (χ0n) is 12.9. The Bertz CT molecular complexity index is 691. The predicted octanol–water partition coefficient (Wildman–Crippen LogP) is 3.03. The molecule has 22 heavy (non-hydrogen) atoms. The molecule has 1 atom stereocenters. The summed E-state index contributed by atoms with van der Waals surface area (Å²) < 4.78 is 14.9. The first-order valence-corrected chi connectivity index (χ1v) is 7.77. The van der Waals surface area contributed by atoms with Crippen LogP contribution in [0.2, 0.25) is 0 Å². The molecular formula is C17H20FN3O. The van der Waals surface area contributed by atoms with Gasteiger partial charge in [0.25, 0.3) is 5.91 Å². The van der Waals surface area contributed by atoms with Crippen LogP contribution in [-0.2, 0) is 12.8 Å². The van der Waals surface area contributed by atoms with Crippen molar-refractivity contribution in [2.45, 2.75) is 45.6 Å². The molecule has 116 valence electrons. The molecular weight excluding hydrogens is 281 g/mol. The predicted molar refractivity (Wildman–Crippen MR) is 82.8 cm³/mol. The van der Waals surface area contributed by atoms with Crippen molar-refractivity contribution in [2.24, 2.45) is 0 Å². The van der Waals surface area contributed by atoms with Gasteiger partial charge in [0.2, 0.25) is 0 Å². The third-order valence-corrected chi connectivity index (χ3v) is 4.21. The van der Waals surface area contributed by atoms with Gasteiger partial charge in [0.1, 0.15) is 5.82 Å². The number of fused-ring (bicyclic) bond motifs is 1. The average molecular weight is 301 g/mol. The van der Waals surface area contributed by atoms with Crippen molar-refractivity contribution in [1.82, 2.24) is 15.1 Å². The second kappa shape index (κ2) is 5.91. The van der Waals surface area contributed by atoms with E-state index in [0.29, 0.717) is 5.69 Å². The Morgan fingerprint density at radius 3 is 2.77 bits per heavy atom. The van der Waals surface area contributed by atoms with Crippen molar-refractivity contribution in [2.75, 3.05) is 0 Å². The highest BCUT2D eigenvalue weighted by Gasteiger charge is 2.27. The van der Waals surface area contributed by atoms with Crippen LogP contribution in [0.5, 0.6) is 0 Å². The molecule has 1 aromatic heterocycles. The Labute approximate surface area is 129 Å². The number of halogens is 1. The first-order chi connectivity index (χ1) is 10.6. The van der Waals surface area contributed by atoms with Crippen LogP contribution >= 0.6 is 0 Å². The highest BCUT2D eigenvalue weighted by molar-refractivity contribution is 5.94. The molecule has 5 heteroatoms. The largest absolute Gasteiger partial charge is 0.348 e. The lowest BCUT2D eigenvalue weighted by atomic mass is 10.1. The van der Waals surface area contributed by atoms with E-state index >= 15 is 0 Å². The van der Waals surface area contributed by atoms with Crippen LogP contribution in [0, 0.1) is 5.82 Å². The third-order valence-electron chi connectivity index (χ3n) is 4.21. The molecule has 0 spiro atoms. The summed E-state index contributed by atoms with van der Waals surface area (Å²) in [6.07, 6.45) is 3.68. The normalized spacial score (nSPS) is 14.7. The van der Waals surface area contributed by atoms with Gasteiger partial charge >= 0.3 is 0 Å². The van der Waals surface area contributed by atoms with Crippen molar-refractivity contribution < 1.29 is 9.18 Å². The van der Waals surface area contributed by atoms with E-state index in [9.17, 15) is 9.18 Å². The number of rotatable bonds is 4. The van der Waals surface area contributed by atoms with Crippen LogP contribution in [0.25, 0.3) is 5.69 Å². The molecule has 1 aliphatic rings. The fourth-order valence-electron chi connectivity index (χ4n) is 2.81. The summed E-state index contributed by atoms with van der Waals surface area (Å²) in [6, 6.07) is 6.34. The Kier molecular flexibility index (Phi) is 3.96. The molecule has 3 rings (SSSR count). The van der Waals surface area contributed by atoms with Crippen LogP contribution in [0.4, 0.5) is 4.39 Å². The SMILES string of the molecule is CC[C@@H](C)NC(=O)c1nn(-c2ccc(F)cc2)c2c1CCC2. The fourth-order valence-corrected chi connectivity index (χ4v) is 2.81. The molecule has 4 nitrogen and oxygen atoms in total. The number of nitrogens with one attached hydrogen (secondary N) is 1. The molecule has 1 aliphatic carbocycles. The van der Waals surface area contributed by atoms with E-state index in [1.54, 1.807) is 16.8 Å². The maximum absolute atomic E-state index is 13.1. The molecule has 1 aromatic carbocycles. The van der Waals surface area contributed by atoms with Gasteiger partial charge in [-0.25, -0.2) is 9.07 Å². The lowest BCUT2D eigenvalue weighted by molar-refractivity contribution is 0.0933. The van der Waals surface area contributed by atoms with Crippen LogP contribution in [-0.4, -0.2) is 21.7 Å². The minimum Gasteiger partial charge on any atom is -0.348 e. The first kappa shape index (κ1) is 14.8. The molecule has 1 heterocycles. The molecule has 0 radical (unpaired) electrons. The smallest absolute Gasteiger partial charge is 0.272 e. The van der Waals surface area contributed by atoms with Crippen LogP contribution in [0.1, 0.15) is 48.4 Å². The maximum Gasteiger partial charge on any atom is 0.272 e. The highest BCUT2D eigenvalue weighted by atomic mass is 19.1. The van der Waals surface area contributed by atoms with Crippen molar-refractivity contribution in [1.29, 1.82) is 0 Å². The second-order valence-electron chi connectivity index (χ2n) is 5.80. The van der Waals surface area contributed by atoms with Crippen molar-refractivity contribution >= 4 is 5.91 Å². The van der Waals surface area contributed by atoms with Crippen LogP contribution in [0.3, 0.4) is 0 Å². The summed E-state index contributed by atoms with van der Waals surface area (Å²) in [7, 11) is 0. The molecule has 1 amide bonds. The number of benzene rings is 1. The Balaban J connectivity index is 1.98. The minimum atomic E-state index is -0.276. The topological polar surface area (TPSA) is 46.9 Å². The quantitative estimate of drug-likeness (QED) is 0.943. The Morgan fingerprint density at radius 2 is 2.09 bits per heavy atom. The summed E-state index contributed by atoms with van der Waals surface area (Å²) in [5.74, 6) is -0.393. The summed E-state index contributed by atoms with van der Waals surface area (Å²) in [4.78, 5) is 12.4. The zero-order chi connectivity index (χ0) is 15.7. The summed E-state index contributed by atoms with van der Waals surface area (Å²) >= 11 is 0. The van der Waals surface area contributed by atoms with Crippen molar-refractivity contribution in [3.8, 4) is 5.69 Å². The average Bonchev–Trinajstić information content (AvgIpc) is 3.10. The van der Waals surface area contributed by atoms with E-state index in [0.717, 1.165) is 42.6 Å². The molecule has 1 N–H and O–H groups in total. The highest BCUT2D eigenvalue weighted by Crippen LogP contribution is 2.28. The molecule has 0 aliphatic heterocycles. The third kappa shape index (κ3) is 2.63. The summed E-state index contributed by atoms with van der Waals surface area (Å²) in [5.41, 5.74) is 3.41. The van der Waals surface area contributed by atoms with Crippen molar-refractivity contribution in [3.63, 3.8) is 0 Å².